The van der Waals surface area contributed by atoms with Gasteiger partial charge in [-0.1, -0.05) is 199 Å². The van der Waals surface area contributed by atoms with E-state index in [-0.39, 0.29) is 54.1 Å². The summed E-state index contributed by atoms with van der Waals surface area (Å²) in [5.41, 5.74) is 26.6. The van der Waals surface area contributed by atoms with Crippen molar-refractivity contribution >= 4 is 69.4 Å². The van der Waals surface area contributed by atoms with E-state index in [0.717, 1.165) is 56.9 Å². The van der Waals surface area contributed by atoms with Gasteiger partial charge in [0.1, 0.15) is 11.4 Å². The van der Waals surface area contributed by atoms with Crippen molar-refractivity contribution < 1.29 is 47.5 Å². The molecule has 1 heterocycles. The Labute approximate surface area is 572 Å². The van der Waals surface area contributed by atoms with E-state index in [2.05, 4.69) is 94.9 Å². The number of aromatic nitrogens is 3. The summed E-state index contributed by atoms with van der Waals surface area (Å²) in [6.07, 6.45) is 6.76. The van der Waals surface area contributed by atoms with Crippen molar-refractivity contribution in [2.24, 2.45) is 10.8 Å². The molecule has 0 aliphatic carbocycles. The number of hydrogen-bond acceptors (Lipinski definition) is 11. The molecule has 10 rings (SSSR count). The van der Waals surface area contributed by atoms with E-state index >= 15 is 0 Å². The van der Waals surface area contributed by atoms with E-state index in [4.69, 9.17) is 53.9 Å². The molecule has 90 heavy (non-hydrogen) atoms. The Morgan fingerprint density at radius 3 is 1.43 bits per heavy atom. The third kappa shape index (κ3) is 30.5. The lowest BCUT2D eigenvalue weighted by Gasteiger charge is -2.15. The zero-order chi connectivity index (χ0) is 62.7. The van der Waals surface area contributed by atoms with E-state index < -0.39 is 11.7 Å². The molecule has 0 atom stereocenters. The molecule has 0 saturated heterocycles. The van der Waals surface area contributed by atoms with E-state index in [9.17, 15) is 4.79 Å². The zero-order valence-electron chi connectivity index (χ0n) is 52.0. The van der Waals surface area contributed by atoms with Gasteiger partial charge in [-0.05, 0) is 155 Å². The molecule has 0 aliphatic heterocycles. The van der Waals surface area contributed by atoms with Crippen LogP contribution in [0.5, 0.6) is 0 Å². The third-order valence-electron chi connectivity index (χ3n) is 11.8. The number of halogens is 3. The van der Waals surface area contributed by atoms with Crippen molar-refractivity contribution in [1.29, 1.82) is 0 Å². The highest BCUT2D eigenvalue weighted by Crippen LogP contribution is 2.19. The van der Waals surface area contributed by atoms with Gasteiger partial charge in [0.05, 0.1) is 27.7 Å². The molecule has 17 heteroatoms. The van der Waals surface area contributed by atoms with Gasteiger partial charge in [-0.15, -0.1) is 30.4 Å². The number of amidine groups is 1. The van der Waals surface area contributed by atoms with Gasteiger partial charge in [-0.2, -0.15) is 4.57 Å². The van der Waals surface area contributed by atoms with Gasteiger partial charge >= 0.3 is 5.82 Å². The van der Waals surface area contributed by atoms with Crippen LogP contribution in [0.15, 0.2) is 266 Å². The number of hydrazine groups is 2. The fourth-order valence-electron chi connectivity index (χ4n) is 7.45. The van der Waals surface area contributed by atoms with Crippen LogP contribution in [0.25, 0.3) is 22.8 Å². The number of nitrogens with one attached hydrogen (secondary N) is 3. The van der Waals surface area contributed by atoms with E-state index in [1.807, 2.05) is 227 Å². The number of para-hydroxylation sites is 6. The van der Waals surface area contributed by atoms with Crippen molar-refractivity contribution in [3.63, 3.8) is 0 Å². The highest BCUT2D eigenvalue weighted by molar-refractivity contribution is 14.0. The second-order valence-corrected chi connectivity index (χ2v) is 18.5. The number of carbonyl (C=O) groups is 1. The van der Waals surface area contributed by atoms with Crippen LogP contribution in [0.2, 0.25) is 0 Å². The summed E-state index contributed by atoms with van der Waals surface area (Å²) < 4.78 is 19.3. The molecule has 1 aromatic heterocycles. The predicted molar refractivity (Wildman–Crippen MR) is 380 cm³/mol. The SMILES string of the molecule is C#CC#CC.CCOC(OCC)OCC.Cc1ccccc1-n1c[n+](-c2ccccc2)c(-c2ccccc2)n1.Cc1ccccc1NN.Cc1ccccc1NNC(=Nc1ccccc1)c1ccccc1.I.N.Nc1ccccc1.O=C(Cl)c1ccccc1.[I-]. The summed E-state index contributed by atoms with van der Waals surface area (Å²) in [4.78, 5) is 15.1. The number of benzene rings is 9. The average molecular weight is 1450 g/mol. The quantitative estimate of drug-likeness (QED) is 0.00545. The molecule has 0 bridgehead atoms. The van der Waals surface area contributed by atoms with Crippen molar-refractivity contribution in [1.82, 2.24) is 21.4 Å². The fraction of sp³-hybridized carbons (Fsp3) is 0.151. The lowest BCUT2D eigenvalue weighted by atomic mass is 10.2. The first-order chi connectivity index (χ1) is 42.5. The maximum atomic E-state index is 10.4. The second kappa shape index (κ2) is 48.3. The van der Waals surface area contributed by atoms with Gasteiger partial charge < -0.3 is 55.5 Å². The first kappa shape index (κ1) is 79.3. The molecule has 0 unspecified atom stereocenters. The Morgan fingerprint density at radius 1 is 0.611 bits per heavy atom. The third-order valence-corrected chi connectivity index (χ3v) is 12.0. The van der Waals surface area contributed by atoms with Crippen LogP contribution < -0.4 is 62.5 Å². The molecule has 0 saturated carbocycles. The van der Waals surface area contributed by atoms with Gasteiger partial charge in [-0.3, -0.25) is 21.5 Å². The van der Waals surface area contributed by atoms with E-state index in [1.54, 1.807) is 31.2 Å². The van der Waals surface area contributed by atoms with Gasteiger partial charge in [0.25, 0.3) is 11.7 Å². The van der Waals surface area contributed by atoms with Crippen molar-refractivity contribution in [2.45, 2.75) is 54.9 Å². The van der Waals surface area contributed by atoms with Crippen LogP contribution in [0, 0.1) is 45.0 Å². The average Bonchev–Trinajstić information content (AvgIpc) is 2.10. The first-order valence-electron chi connectivity index (χ1n) is 28.2. The number of aliphatic imine (C=N–C) groups is 1. The molecule has 0 aliphatic rings. The minimum atomic E-state index is -0.472. The molecule has 10 aromatic rings. The standard InChI is InChI=1S/C21H18N3.C20H19N3.C7H5ClO.C7H10N2.C7H16O3.C6H7N.C5H4.2HI.H3N/c1-17-10-8-9-15-20(17)24-16-23(19-13-6-3-7-14-19)21(22-24)18-11-4-2-5-12-18;1-16-10-8-9-15-19(16)22-23-20(17-11-4-2-5-12-17)21-18-13-6-3-7-14-18;8-7(9)6-4-2-1-3-5-6;1-6-4-2-3-5-7(6)9-8;1-4-8-7(9-5-2)10-6-3;7-6-4-2-1-3-5-6;1-3-5-4-2;;;/h2-16H,1H3;2-15,22H,1H3,(H,21,23);1-5H;2-5,9H,8H2,1H3;7H,4-6H2,1-3H3;1-5H,7H2;1H,2H3;2*1H;1H3/q+1;;;;;;;;;/p-1. The predicted octanol–water partition coefficient (Wildman–Crippen LogP) is 13.2. The molecular formula is C73H83ClI2N10O4. The van der Waals surface area contributed by atoms with Gasteiger partial charge in [0.15, 0.2) is 5.84 Å². The van der Waals surface area contributed by atoms with Crippen LogP contribution in [-0.2, 0) is 14.2 Å². The zero-order valence-corrected chi connectivity index (χ0v) is 57.3. The summed E-state index contributed by atoms with van der Waals surface area (Å²) in [5, 5.41) is 4.46. The van der Waals surface area contributed by atoms with E-state index in [1.165, 1.54) is 16.7 Å². The van der Waals surface area contributed by atoms with Crippen molar-refractivity contribution in [3.8, 4) is 46.9 Å². The fourth-order valence-corrected chi connectivity index (χ4v) is 7.58. The summed E-state index contributed by atoms with van der Waals surface area (Å²) >= 11 is 5.16. The first-order valence-corrected chi connectivity index (χ1v) is 28.6. The number of carbonyl (C=O) groups excluding carboxylic acids is 1. The number of nitrogens with zero attached hydrogens (tertiary/aromatic N) is 4. The number of nitrogen functional groups attached to an aromatic ring is 2. The summed E-state index contributed by atoms with van der Waals surface area (Å²) in [6.45, 7) is 15.0. The molecule has 10 N–H and O–H groups in total. The molecule has 0 spiro atoms. The van der Waals surface area contributed by atoms with Crippen LogP contribution in [0.4, 0.5) is 22.7 Å². The maximum Gasteiger partial charge on any atom is 0.314 e. The van der Waals surface area contributed by atoms with Crippen LogP contribution in [-0.4, -0.2) is 47.2 Å². The number of rotatable bonds is 15. The minimum Gasteiger partial charge on any atom is -1.00 e. The lowest BCUT2D eigenvalue weighted by Crippen LogP contribution is -3.00. The number of ether oxygens (including phenoxy) is 3. The van der Waals surface area contributed by atoms with Crippen molar-refractivity contribution in [2.75, 3.05) is 36.4 Å². The van der Waals surface area contributed by atoms with Gasteiger partial charge in [-0.25, -0.2) is 4.99 Å². The number of nitrogens with two attached hydrogens (primary N) is 2. The van der Waals surface area contributed by atoms with Crippen LogP contribution in [0.1, 0.15) is 60.3 Å². The maximum absolute atomic E-state index is 10.4. The number of anilines is 3. The molecule has 0 fully saturated rings. The number of terminal acetylenes is 1. The second-order valence-electron chi connectivity index (χ2n) is 18.2. The van der Waals surface area contributed by atoms with Gasteiger partial charge in [0.2, 0.25) is 6.33 Å². The monoisotopic (exact) mass is 1450 g/mol. The lowest BCUT2D eigenvalue weighted by molar-refractivity contribution is -0.584. The topological polar surface area (TPSA) is 202 Å². The molecule has 0 amide bonds. The highest BCUT2D eigenvalue weighted by Gasteiger charge is 2.22. The van der Waals surface area contributed by atoms with Crippen LogP contribution >= 0.6 is 35.6 Å². The normalized spacial score (nSPS) is 9.54. The Bertz CT molecular complexity index is 3560. The highest BCUT2D eigenvalue weighted by atomic mass is 127. The molecular weight excluding hydrogens is 1370 g/mol. The summed E-state index contributed by atoms with van der Waals surface area (Å²) in [7, 11) is 0. The van der Waals surface area contributed by atoms with Crippen LogP contribution in [0.3, 0.4) is 0 Å². The summed E-state index contributed by atoms with van der Waals surface area (Å²) in [6, 6.07) is 83.1. The molecule has 470 valence electrons. The van der Waals surface area contributed by atoms with Crippen molar-refractivity contribution in [3.05, 3.63) is 289 Å². The largest absolute Gasteiger partial charge is 1.00 e. The van der Waals surface area contributed by atoms with E-state index in [0.29, 0.717) is 25.4 Å². The summed E-state index contributed by atoms with van der Waals surface area (Å²) in [5.74, 6) is 14.0. The Morgan fingerprint density at radius 2 is 1.03 bits per heavy atom. The smallest absolute Gasteiger partial charge is 0.314 e. The minimum absolute atomic E-state index is 0. The number of hydrogen-bond donors (Lipinski definition) is 6. The molecule has 14 nitrogen and oxygen atoms in total. The Kier molecular flexibility index (Phi) is 42.6. The molecule has 0 radical (unpaired) electrons. The number of aryl methyl sites for hydroxylation is 3. The Hall–Kier alpha value is -8.67. The van der Waals surface area contributed by atoms with Gasteiger partial charge in [0, 0.05) is 36.6 Å². The Balaban J connectivity index is 0.000000562. The molecule has 9 aromatic carbocycles.